The van der Waals surface area contributed by atoms with Crippen molar-refractivity contribution in [3.05, 3.63) is 0 Å². The Morgan fingerprint density at radius 2 is 2.00 bits per heavy atom. The number of sulfone groups is 1. The monoisotopic (exact) mass is 249 g/mol. The summed E-state index contributed by atoms with van der Waals surface area (Å²) in [5.74, 6) is 5.24. The van der Waals surface area contributed by atoms with Gasteiger partial charge in [-0.3, -0.25) is 15.1 Å². The molecule has 0 aromatic rings. The third-order valence-electron chi connectivity index (χ3n) is 2.95. The van der Waals surface area contributed by atoms with Gasteiger partial charge in [-0.05, 0) is 13.3 Å². The SMILES string of the molecule is CC(CCC(=O)NN)N1CCS(=O)(=O)CC1. The fraction of sp³-hybridized carbons (Fsp3) is 0.889. The number of carbonyl (C=O) groups excluding carboxylic acids is 1. The second-order valence-electron chi connectivity index (χ2n) is 4.14. The lowest BCUT2D eigenvalue weighted by atomic mass is 10.1. The average molecular weight is 249 g/mol. The quantitative estimate of drug-likeness (QED) is 0.374. The minimum Gasteiger partial charge on any atom is -0.299 e. The van der Waals surface area contributed by atoms with Crippen LogP contribution in [0.1, 0.15) is 19.8 Å². The van der Waals surface area contributed by atoms with Crippen LogP contribution in [0.3, 0.4) is 0 Å². The van der Waals surface area contributed by atoms with Crippen LogP contribution in [0.2, 0.25) is 0 Å². The molecule has 7 heteroatoms. The third-order valence-corrected chi connectivity index (χ3v) is 4.56. The van der Waals surface area contributed by atoms with Crippen molar-refractivity contribution in [3.63, 3.8) is 0 Å². The number of nitrogens with zero attached hydrogens (tertiary/aromatic N) is 1. The molecule has 0 radical (unpaired) electrons. The summed E-state index contributed by atoms with van der Waals surface area (Å²) in [6.07, 6.45) is 1.07. The number of hydrogen-bond acceptors (Lipinski definition) is 5. The molecule has 94 valence electrons. The second-order valence-corrected chi connectivity index (χ2v) is 6.45. The van der Waals surface area contributed by atoms with E-state index in [1.165, 1.54) is 0 Å². The lowest BCUT2D eigenvalue weighted by Gasteiger charge is -2.32. The van der Waals surface area contributed by atoms with E-state index in [1.54, 1.807) is 0 Å². The first-order valence-electron chi connectivity index (χ1n) is 5.38. The van der Waals surface area contributed by atoms with Gasteiger partial charge in [-0.1, -0.05) is 0 Å². The number of hydrogen-bond donors (Lipinski definition) is 2. The number of hydrazine groups is 1. The summed E-state index contributed by atoms with van der Waals surface area (Å²) < 4.78 is 22.4. The zero-order chi connectivity index (χ0) is 12.2. The number of nitrogens with one attached hydrogen (secondary N) is 1. The van der Waals surface area contributed by atoms with Crippen molar-refractivity contribution in [3.8, 4) is 0 Å². The molecule has 1 aliphatic rings. The van der Waals surface area contributed by atoms with Crippen molar-refractivity contribution in [1.29, 1.82) is 0 Å². The molecule has 0 bridgehead atoms. The first-order chi connectivity index (χ1) is 7.44. The molecule has 0 aromatic heterocycles. The van der Waals surface area contributed by atoms with E-state index in [9.17, 15) is 13.2 Å². The Labute approximate surface area is 96.1 Å². The number of rotatable bonds is 4. The molecule has 0 spiro atoms. The molecule has 1 amide bonds. The maximum absolute atomic E-state index is 11.2. The topological polar surface area (TPSA) is 92.5 Å². The summed E-state index contributed by atoms with van der Waals surface area (Å²) in [4.78, 5) is 13.1. The van der Waals surface area contributed by atoms with E-state index in [0.29, 0.717) is 25.9 Å². The Bertz CT molecular complexity index is 328. The van der Waals surface area contributed by atoms with Crippen LogP contribution < -0.4 is 11.3 Å². The fourth-order valence-corrected chi connectivity index (χ4v) is 2.99. The average Bonchev–Trinajstić information content (AvgIpc) is 2.25. The van der Waals surface area contributed by atoms with E-state index < -0.39 is 9.84 Å². The van der Waals surface area contributed by atoms with E-state index >= 15 is 0 Å². The molecule has 16 heavy (non-hydrogen) atoms. The van der Waals surface area contributed by atoms with Gasteiger partial charge in [0.25, 0.3) is 0 Å². The smallest absolute Gasteiger partial charge is 0.233 e. The van der Waals surface area contributed by atoms with E-state index in [0.717, 1.165) is 0 Å². The van der Waals surface area contributed by atoms with Crippen LogP contribution in [0, 0.1) is 0 Å². The summed E-state index contributed by atoms with van der Waals surface area (Å²) in [5.41, 5.74) is 2.08. The maximum Gasteiger partial charge on any atom is 0.233 e. The molecule has 0 aromatic carbocycles. The van der Waals surface area contributed by atoms with Crippen molar-refractivity contribution in [2.24, 2.45) is 5.84 Å². The second kappa shape index (κ2) is 5.60. The highest BCUT2D eigenvalue weighted by Crippen LogP contribution is 2.11. The molecule has 0 aliphatic carbocycles. The molecule has 1 fully saturated rings. The largest absolute Gasteiger partial charge is 0.299 e. The van der Waals surface area contributed by atoms with Gasteiger partial charge >= 0.3 is 0 Å². The summed E-state index contributed by atoms with van der Waals surface area (Å²) in [6.45, 7) is 3.13. The lowest BCUT2D eigenvalue weighted by Crippen LogP contribution is -2.45. The normalized spacial score (nSPS) is 22.6. The molecule has 1 unspecified atom stereocenters. The zero-order valence-corrected chi connectivity index (χ0v) is 10.3. The molecular weight excluding hydrogens is 230 g/mol. The minimum atomic E-state index is -2.83. The van der Waals surface area contributed by atoms with Gasteiger partial charge in [0.05, 0.1) is 11.5 Å². The van der Waals surface area contributed by atoms with E-state index in [4.69, 9.17) is 5.84 Å². The van der Waals surface area contributed by atoms with Crippen molar-refractivity contribution in [2.45, 2.75) is 25.8 Å². The van der Waals surface area contributed by atoms with E-state index in [2.05, 4.69) is 10.3 Å². The number of carbonyl (C=O) groups is 1. The van der Waals surface area contributed by atoms with Crippen LogP contribution in [-0.2, 0) is 14.6 Å². The summed E-state index contributed by atoms with van der Waals surface area (Å²) >= 11 is 0. The summed E-state index contributed by atoms with van der Waals surface area (Å²) in [7, 11) is -2.83. The van der Waals surface area contributed by atoms with Gasteiger partial charge in [-0.25, -0.2) is 14.3 Å². The van der Waals surface area contributed by atoms with Gasteiger partial charge in [0.15, 0.2) is 9.84 Å². The molecule has 1 saturated heterocycles. The third kappa shape index (κ3) is 4.07. The van der Waals surface area contributed by atoms with Crippen LogP contribution in [0.25, 0.3) is 0 Å². The summed E-state index contributed by atoms with van der Waals surface area (Å²) in [5, 5.41) is 0. The highest BCUT2D eigenvalue weighted by Gasteiger charge is 2.24. The standard InChI is InChI=1S/C9H19N3O3S/c1-8(2-3-9(13)11-10)12-4-6-16(14,15)7-5-12/h8H,2-7,10H2,1H3,(H,11,13). The van der Waals surface area contributed by atoms with Gasteiger partial charge in [0, 0.05) is 25.6 Å². The van der Waals surface area contributed by atoms with Crippen molar-refractivity contribution in [1.82, 2.24) is 10.3 Å². The Balaban J connectivity index is 2.33. The maximum atomic E-state index is 11.2. The predicted molar refractivity (Wildman–Crippen MR) is 61.3 cm³/mol. The summed E-state index contributed by atoms with van der Waals surface area (Å²) in [6, 6.07) is 0.216. The zero-order valence-electron chi connectivity index (χ0n) is 9.48. The van der Waals surface area contributed by atoms with Gasteiger partial charge < -0.3 is 0 Å². The molecule has 6 nitrogen and oxygen atoms in total. The van der Waals surface area contributed by atoms with E-state index in [1.807, 2.05) is 6.92 Å². The molecule has 1 heterocycles. The predicted octanol–water partition coefficient (Wildman–Crippen LogP) is -1.12. The van der Waals surface area contributed by atoms with Crippen molar-refractivity contribution < 1.29 is 13.2 Å². The van der Waals surface area contributed by atoms with Gasteiger partial charge in [0.2, 0.25) is 5.91 Å². The molecule has 1 atom stereocenters. The molecule has 1 aliphatic heterocycles. The van der Waals surface area contributed by atoms with Crippen LogP contribution in [0.15, 0.2) is 0 Å². The lowest BCUT2D eigenvalue weighted by molar-refractivity contribution is -0.121. The van der Waals surface area contributed by atoms with E-state index in [-0.39, 0.29) is 23.5 Å². The highest BCUT2D eigenvalue weighted by molar-refractivity contribution is 7.91. The molecular formula is C9H19N3O3S. The first kappa shape index (κ1) is 13.4. The minimum absolute atomic E-state index is 0.184. The molecule has 0 saturated carbocycles. The van der Waals surface area contributed by atoms with Gasteiger partial charge in [0.1, 0.15) is 0 Å². The van der Waals surface area contributed by atoms with Crippen molar-refractivity contribution >= 4 is 15.7 Å². The van der Waals surface area contributed by atoms with Crippen LogP contribution >= 0.6 is 0 Å². The van der Waals surface area contributed by atoms with Crippen LogP contribution in [0.5, 0.6) is 0 Å². The highest BCUT2D eigenvalue weighted by atomic mass is 32.2. The molecule has 1 rings (SSSR count). The Hall–Kier alpha value is -0.660. The first-order valence-corrected chi connectivity index (χ1v) is 7.20. The number of nitrogens with two attached hydrogens (primary N) is 1. The van der Waals surface area contributed by atoms with Crippen molar-refractivity contribution in [2.75, 3.05) is 24.6 Å². The number of amides is 1. The molecule has 3 N–H and O–H groups in total. The Kier molecular flexibility index (Phi) is 4.69. The Morgan fingerprint density at radius 1 is 1.44 bits per heavy atom. The van der Waals surface area contributed by atoms with Crippen LogP contribution in [0.4, 0.5) is 0 Å². The van der Waals surface area contributed by atoms with Gasteiger partial charge in [-0.15, -0.1) is 0 Å². The fourth-order valence-electron chi connectivity index (χ4n) is 1.76. The van der Waals surface area contributed by atoms with Gasteiger partial charge in [-0.2, -0.15) is 0 Å². The van der Waals surface area contributed by atoms with Crippen LogP contribution in [-0.4, -0.2) is 49.9 Å². The Morgan fingerprint density at radius 3 is 2.50 bits per heavy atom.